The normalized spacial score (nSPS) is 11.7. The lowest BCUT2D eigenvalue weighted by molar-refractivity contribution is 0.487. The molecule has 0 atom stereocenters. The van der Waals surface area contributed by atoms with Crippen molar-refractivity contribution < 1.29 is 4.74 Å². The molecule has 10 rings (SSSR count). The minimum absolute atomic E-state index is 0.485. The molecule has 10 aromatic rings. The highest BCUT2D eigenvalue weighted by Gasteiger charge is 2.18. The van der Waals surface area contributed by atoms with Crippen LogP contribution in [0.25, 0.3) is 75.2 Å². The third-order valence-corrected chi connectivity index (χ3v) is 10.6. The molecule has 7 aromatic carbocycles. The van der Waals surface area contributed by atoms with Gasteiger partial charge in [0.25, 0.3) is 0 Å². The van der Waals surface area contributed by atoms with Crippen LogP contribution in [0.3, 0.4) is 0 Å². The van der Waals surface area contributed by atoms with E-state index in [0.717, 1.165) is 49.0 Å². The number of thiophene rings is 1. The monoisotopic (exact) mass is 631 g/mol. The largest absolute Gasteiger partial charge is 0.454 e. The fourth-order valence-corrected chi connectivity index (χ4v) is 8.49. The zero-order valence-corrected chi connectivity index (χ0v) is 26.4. The molecule has 224 valence electrons. The van der Waals surface area contributed by atoms with Gasteiger partial charge in [0.15, 0.2) is 0 Å². The second-order valence-electron chi connectivity index (χ2n) is 12.0. The Morgan fingerprint density at radius 1 is 0.458 bits per heavy atom. The van der Waals surface area contributed by atoms with E-state index in [4.69, 9.17) is 4.74 Å². The van der Waals surface area contributed by atoms with Crippen LogP contribution in [-0.4, -0.2) is 9.13 Å². The number of nitrogens with zero attached hydrogens (tertiary/aromatic N) is 3. The van der Waals surface area contributed by atoms with Gasteiger partial charge in [-0.3, -0.25) is 0 Å². The first-order valence-corrected chi connectivity index (χ1v) is 16.7. The van der Waals surface area contributed by atoms with Crippen LogP contribution < -0.4 is 4.74 Å². The molecule has 0 saturated carbocycles. The van der Waals surface area contributed by atoms with Gasteiger partial charge in [-0.15, -0.1) is 11.3 Å². The smallest absolute Gasteiger partial charge is 0.145 e. The molecule has 0 saturated heterocycles. The molecule has 5 heteroatoms. The van der Waals surface area contributed by atoms with Crippen molar-refractivity contribution in [2.75, 3.05) is 0 Å². The number of rotatable bonds is 4. The first-order chi connectivity index (χ1) is 23.8. The van der Waals surface area contributed by atoms with E-state index in [2.05, 4.69) is 137 Å². The molecule has 3 heterocycles. The lowest BCUT2D eigenvalue weighted by Crippen LogP contribution is -1.97. The average molecular weight is 632 g/mol. The van der Waals surface area contributed by atoms with Gasteiger partial charge in [0.05, 0.1) is 32.3 Å². The van der Waals surface area contributed by atoms with E-state index in [1.165, 1.54) is 31.9 Å². The van der Waals surface area contributed by atoms with Crippen molar-refractivity contribution in [1.29, 1.82) is 5.26 Å². The van der Waals surface area contributed by atoms with Gasteiger partial charge >= 0.3 is 0 Å². The maximum atomic E-state index is 10.3. The molecule has 0 unspecified atom stereocenters. The van der Waals surface area contributed by atoms with Crippen molar-refractivity contribution in [3.05, 3.63) is 157 Å². The summed E-state index contributed by atoms with van der Waals surface area (Å²) in [5, 5.41) is 17.5. The lowest BCUT2D eigenvalue weighted by atomic mass is 10.1. The molecule has 0 bridgehead atoms. The number of aromatic nitrogens is 2. The molecular formula is C43H25N3OS. The summed E-state index contributed by atoms with van der Waals surface area (Å²) in [4.78, 5) is 0. The van der Waals surface area contributed by atoms with Crippen molar-refractivity contribution in [2.45, 2.75) is 0 Å². The summed E-state index contributed by atoms with van der Waals surface area (Å²) in [6.07, 6.45) is 0. The van der Waals surface area contributed by atoms with Gasteiger partial charge in [-0.1, -0.05) is 84.9 Å². The minimum atomic E-state index is 0.485. The maximum absolute atomic E-state index is 10.3. The molecule has 0 amide bonds. The van der Waals surface area contributed by atoms with E-state index >= 15 is 0 Å². The molecular weight excluding hydrogens is 607 g/mol. The van der Waals surface area contributed by atoms with Gasteiger partial charge in [0, 0.05) is 48.4 Å². The Kier molecular flexibility index (Phi) is 5.77. The molecule has 0 aliphatic carbocycles. The van der Waals surface area contributed by atoms with Crippen LogP contribution in [0.1, 0.15) is 5.56 Å². The van der Waals surface area contributed by atoms with Crippen molar-refractivity contribution in [2.24, 2.45) is 0 Å². The van der Waals surface area contributed by atoms with Crippen LogP contribution >= 0.6 is 11.3 Å². The topological polar surface area (TPSA) is 42.9 Å². The second kappa shape index (κ2) is 10.3. The van der Waals surface area contributed by atoms with Gasteiger partial charge < -0.3 is 13.9 Å². The Balaban J connectivity index is 1.12. The highest BCUT2D eigenvalue weighted by Crippen LogP contribution is 2.42. The maximum Gasteiger partial charge on any atom is 0.145 e. The number of para-hydroxylation sites is 3. The molecule has 0 spiro atoms. The molecule has 0 radical (unpaired) electrons. The van der Waals surface area contributed by atoms with E-state index in [-0.39, 0.29) is 0 Å². The highest BCUT2D eigenvalue weighted by atomic mass is 32.1. The van der Waals surface area contributed by atoms with E-state index in [9.17, 15) is 5.26 Å². The third-order valence-electron chi connectivity index (χ3n) is 9.42. The highest BCUT2D eigenvalue weighted by molar-refractivity contribution is 7.26. The second-order valence-corrected chi connectivity index (χ2v) is 13.1. The Morgan fingerprint density at radius 3 is 1.69 bits per heavy atom. The zero-order valence-electron chi connectivity index (χ0n) is 25.6. The van der Waals surface area contributed by atoms with Crippen LogP contribution in [-0.2, 0) is 0 Å². The first-order valence-electron chi connectivity index (χ1n) is 15.9. The van der Waals surface area contributed by atoms with E-state index in [0.29, 0.717) is 11.3 Å². The summed E-state index contributed by atoms with van der Waals surface area (Å²) in [5.41, 5.74) is 7.03. The van der Waals surface area contributed by atoms with Gasteiger partial charge in [0.2, 0.25) is 0 Å². The van der Waals surface area contributed by atoms with Gasteiger partial charge in [-0.05, 0) is 66.7 Å². The van der Waals surface area contributed by atoms with Crippen LogP contribution in [0.2, 0.25) is 0 Å². The van der Waals surface area contributed by atoms with E-state index < -0.39 is 0 Å². The van der Waals surface area contributed by atoms with Gasteiger partial charge in [-0.2, -0.15) is 5.26 Å². The summed E-state index contributed by atoms with van der Waals surface area (Å²) in [6, 6.07) is 55.2. The van der Waals surface area contributed by atoms with Gasteiger partial charge in [-0.25, -0.2) is 0 Å². The zero-order chi connectivity index (χ0) is 31.8. The first kappa shape index (κ1) is 26.8. The summed E-state index contributed by atoms with van der Waals surface area (Å²) in [6.45, 7) is 0. The summed E-state index contributed by atoms with van der Waals surface area (Å²) >= 11 is 1.71. The predicted molar refractivity (Wildman–Crippen MR) is 199 cm³/mol. The van der Waals surface area contributed by atoms with Crippen molar-refractivity contribution >= 4 is 75.1 Å². The summed E-state index contributed by atoms with van der Waals surface area (Å²) in [7, 11) is 0. The van der Waals surface area contributed by atoms with Crippen molar-refractivity contribution in [3.8, 4) is 28.9 Å². The van der Waals surface area contributed by atoms with Crippen molar-refractivity contribution in [1.82, 2.24) is 9.13 Å². The fraction of sp³-hybridized carbons (Fsp3) is 0. The Labute approximate surface area is 279 Å². The molecule has 0 fully saturated rings. The van der Waals surface area contributed by atoms with E-state index in [1.807, 2.05) is 30.3 Å². The molecule has 3 aromatic heterocycles. The van der Waals surface area contributed by atoms with Crippen LogP contribution in [0, 0.1) is 11.3 Å². The lowest BCUT2D eigenvalue weighted by Gasteiger charge is -2.13. The predicted octanol–water partition coefficient (Wildman–Crippen LogP) is 11.9. The number of fused-ring (bicyclic) bond motifs is 9. The summed E-state index contributed by atoms with van der Waals surface area (Å²) in [5.74, 6) is 1.30. The number of hydrogen-bond acceptors (Lipinski definition) is 3. The fourth-order valence-electron chi connectivity index (χ4n) is 7.33. The average Bonchev–Trinajstić information content (AvgIpc) is 3.80. The Morgan fingerprint density at radius 2 is 1.00 bits per heavy atom. The standard InChI is InChI=1S/C43H25N3OS/c44-26-27-24-28(21-23-40(27)47-41-18-9-14-34-33-13-4-8-19-42(33)48-43(34)41)45-38-17-7-3-12-32(38)35-25-29(20-22-39(35)45)46-36-15-5-1-10-30(36)31-11-2-6-16-37(31)46/h1-25H. The Bertz CT molecular complexity index is 2900. The van der Waals surface area contributed by atoms with Crippen LogP contribution in [0.5, 0.6) is 11.5 Å². The quantitative estimate of drug-likeness (QED) is 0.194. The molecule has 0 aliphatic rings. The molecule has 4 nitrogen and oxygen atoms in total. The van der Waals surface area contributed by atoms with E-state index in [1.54, 1.807) is 11.3 Å². The number of benzene rings is 7. The number of nitriles is 1. The van der Waals surface area contributed by atoms with Crippen molar-refractivity contribution in [3.63, 3.8) is 0 Å². The third kappa shape index (κ3) is 3.87. The SMILES string of the molecule is N#Cc1cc(-n2c3ccccc3c3cc(-n4c5ccccc5c5ccccc54)ccc32)ccc1Oc1cccc2c1sc1ccccc12. The Hall–Kier alpha value is -6.35. The molecule has 48 heavy (non-hydrogen) atoms. The van der Waals surface area contributed by atoms with Crippen LogP contribution in [0.4, 0.5) is 0 Å². The van der Waals surface area contributed by atoms with Gasteiger partial charge in [0.1, 0.15) is 17.6 Å². The molecule has 0 N–H and O–H groups in total. The number of hydrogen-bond donors (Lipinski definition) is 0. The minimum Gasteiger partial charge on any atom is -0.454 e. The summed E-state index contributed by atoms with van der Waals surface area (Å²) < 4.78 is 13.4. The van der Waals surface area contributed by atoms with Crippen LogP contribution in [0.15, 0.2) is 152 Å². The number of ether oxygens (including phenoxy) is 1. The molecule has 0 aliphatic heterocycles.